The number of aromatic nitrogens is 2. The van der Waals surface area contributed by atoms with Gasteiger partial charge in [-0.2, -0.15) is 0 Å². The number of hydrogen-bond donors (Lipinski definition) is 1. The summed E-state index contributed by atoms with van der Waals surface area (Å²) in [6.45, 7) is 4.64. The molecule has 4 nitrogen and oxygen atoms in total. The molecule has 0 radical (unpaired) electrons. The molecule has 1 N–H and O–H groups in total. The Bertz CT molecular complexity index is 838. The van der Waals surface area contributed by atoms with Crippen molar-refractivity contribution in [1.82, 2.24) is 14.9 Å². The topological polar surface area (TPSA) is 46.9 Å². The largest absolute Gasteiger partial charge is 0.352 e. The van der Waals surface area contributed by atoms with Gasteiger partial charge >= 0.3 is 0 Å². The van der Waals surface area contributed by atoms with Crippen LogP contribution in [0.5, 0.6) is 0 Å². The first kappa shape index (κ1) is 16.0. The molecule has 0 aliphatic carbocycles. The number of aryl methyl sites for hydroxylation is 2. The average Bonchev–Trinajstić information content (AvgIpc) is 3.11. The molecule has 0 saturated carbocycles. The summed E-state index contributed by atoms with van der Waals surface area (Å²) in [5, 5.41) is 3.01. The van der Waals surface area contributed by atoms with Crippen molar-refractivity contribution in [3.63, 3.8) is 0 Å². The Morgan fingerprint density at radius 3 is 2.71 bits per heavy atom. The molecule has 3 aromatic rings. The highest BCUT2D eigenvalue weighted by Gasteiger charge is 2.07. The second kappa shape index (κ2) is 7.13. The van der Waals surface area contributed by atoms with E-state index in [1.807, 2.05) is 41.1 Å². The molecule has 0 unspecified atom stereocenters. The van der Waals surface area contributed by atoms with Crippen LogP contribution in [-0.2, 0) is 17.8 Å². The van der Waals surface area contributed by atoms with Crippen molar-refractivity contribution >= 4 is 5.91 Å². The molecule has 0 saturated heterocycles. The van der Waals surface area contributed by atoms with Gasteiger partial charge in [0.15, 0.2) is 0 Å². The van der Waals surface area contributed by atoms with Crippen LogP contribution in [0, 0.1) is 13.8 Å². The van der Waals surface area contributed by atoms with Crippen LogP contribution in [0.2, 0.25) is 0 Å². The van der Waals surface area contributed by atoms with Gasteiger partial charge in [-0.15, -0.1) is 0 Å². The minimum absolute atomic E-state index is 0.0266. The summed E-state index contributed by atoms with van der Waals surface area (Å²) in [7, 11) is 0. The van der Waals surface area contributed by atoms with Gasteiger partial charge in [0, 0.05) is 18.9 Å². The SMILES string of the molecule is Cc1ccc(CC(=O)NCc2ccccc2-n2ccnc2)cc1C. The second-order valence-electron chi connectivity index (χ2n) is 5.97. The lowest BCUT2D eigenvalue weighted by atomic mass is 10.0. The molecule has 1 aromatic heterocycles. The number of carbonyl (C=O) groups is 1. The fourth-order valence-corrected chi connectivity index (χ4v) is 2.67. The first-order valence-corrected chi connectivity index (χ1v) is 8.02. The number of benzene rings is 2. The lowest BCUT2D eigenvalue weighted by Gasteiger charge is -2.11. The predicted octanol–water partition coefficient (Wildman–Crippen LogP) is 3.35. The van der Waals surface area contributed by atoms with Gasteiger partial charge < -0.3 is 9.88 Å². The minimum atomic E-state index is 0.0266. The molecule has 0 spiro atoms. The van der Waals surface area contributed by atoms with Crippen LogP contribution in [0.15, 0.2) is 61.2 Å². The molecule has 0 atom stereocenters. The molecule has 1 heterocycles. The van der Waals surface area contributed by atoms with E-state index in [-0.39, 0.29) is 5.91 Å². The number of nitrogens with one attached hydrogen (secondary N) is 1. The van der Waals surface area contributed by atoms with Gasteiger partial charge in [-0.05, 0) is 42.2 Å². The zero-order valence-corrected chi connectivity index (χ0v) is 14.0. The van der Waals surface area contributed by atoms with Gasteiger partial charge in [0.25, 0.3) is 0 Å². The number of imidazole rings is 1. The zero-order valence-electron chi connectivity index (χ0n) is 14.0. The van der Waals surface area contributed by atoms with Gasteiger partial charge in [-0.1, -0.05) is 36.4 Å². The Balaban J connectivity index is 1.66. The van der Waals surface area contributed by atoms with E-state index in [0.717, 1.165) is 16.8 Å². The maximum Gasteiger partial charge on any atom is 0.224 e. The smallest absolute Gasteiger partial charge is 0.224 e. The van der Waals surface area contributed by atoms with Gasteiger partial charge in [0.05, 0.1) is 18.4 Å². The summed E-state index contributed by atoms with van der Waals surface area (Å²) in [6.07, 6.45) is 5.80. The first-order valence-electron chi connectivity index (χ1n) is 8.02. The lowest BCUT2D eigenvalue weighted by Crippen LogP contribution is -2.25. The first-order chi connectivity index (χ1) is 11.6. The molecule has 0 bridgehead atoms. The van der Waals surface area contributed by atoms with E-state index >= 15 is 0 Å². The Morgan fingerprint density at radius 2 is 1.96 bits per heavy atom. The Hall–Kier alpha value is -2.88. The number of para-hydroxylation sites is 1. The summed E-state index contributed by atoms with van der Waals surface area (Å²) in [4.78, 5) is 16.3. The number of hydrogen-bond acceptors (Lipinski definition) is 2. The fourth-order valence-electron chi connectivity index (χ4n) is 2.67. The summed E-state index contributed by atoms with van der Waals surface area (Å²) in [5.74, 6) is 0.0266. The third-order valence-corrected chi connectivity index (χ3v) is 4.19. The maximum absolute atomic E-state index is 12.2. The van der Waals surface area contributed by atoms with Gasteiger partial charge in [-0.3, -0.25) is 4.79 Å². The molecule has 122 valence electrons. The van der Waals surface area contributed by atoms with Crippen LogP contribution < -0.4 is 5.32 Å². The fraction of sp³-hybridized carbons (Fsp3) is 0.200. The average molecular weight is 319 g/mol. The third kappa shape index (κ3) is 3.71. The van der Waals surface area contributed by atoms with Gasteiger partial charge in [0.1, 0.15) is 0 Å². The molecule has 0 fully saturated rings. The Morgan fingerprint density at radius 1 is 1.12 bits per heavy atom. The van der Waals surface area contributed by atoms with Crippen LogP contribution in [0.4, 0.5) is 0 Å². The van der Waals surface area contributed by atoms with Gasteiger partial charge in [0.2, 0.25) is 5.91 Å². The highest BCUT2D eigenvalue weighted by atomic mass is 16.1. The van der Waals surface area contributed by atoms with Crippen molar-refractivity contribution < 1.29 is 4.79 Å². The number of nitrogens with zero attached hydrogens (tertiary/aromatic N) is 2. The van der Waals surface area contributed by atoms with Crippen molar-refractivity contribution in [1.29, 1.82) is 0 Å². The third-order valence-electron chi connectivity index (χ3n) is 4.19. The van der Waals surface area contributed by atoms with Crippen molar-refractivity contribution in [2.24, 2.45) is 0 Å². The normalized spacial score (nSPS) is 10.6. The number of carbonyl (C=O) groups excluding carboxylic acids is 1. The Kier molecular flexibility index (Phi) is 4.75. The van der Waals surface area contributed by atoms with Crippen LogP contribution in [-0.4, -0.2) is 15.5 Å². The summed E-state index contributed by atoms with van der Waals surface area (Å²) in [5.41, 5.74) is 5.59. The van der Waals surface area contributed by atoms with E-state index < -0.39 is 0 Å². The van der Waals surface area contributed by atoms with Crippen molar-refractivity contribution in [2.45, 2.75) is 26.8 Å². The van der Waals surface area contributed by atoms with E-state index in [4.69, 9.17) is 0 Å². The molecular weight excluding hydrogens is 298 g/mol. The molecule has 1 amide bonds. The van der Waals surface area contributed by atoms with E-state index in [0.29, 0.717) is 13.0 Å². The predicted molar refractivity (Wildman–Crippen MR) is 95.0 cm³/mol. The maximum atomic E-state index is 12.2. The second-order valence-corrected chi connectivity index (χ2v) is 5.97. The zero-order chi connectivity index (χ0) is 16.9. The molecule has 4 heteroatoms. The van der Waals surface area contributed by atoms with E-state index in [9.17, 15) is 4.79 Å². The summed E-state index contributed by atoms with van der Waals surface area (Å²) >= 11 is 0. The van der Waals surface area contributed by atoms with Crippen LogP contribution in [0.3, 0.4) is 0 Å². The van der Waals surface area contributed by atoms with Crippen molar-refractivity contribution in [3.05, 3.63) is 83.4 Å². The van der Waals surface area contributed by atoms with Crippen LogP contribution in [0.25, 0.3) is 5.69 Å². The highest BCUT2D eigenvalue weighted by Crippen LogP contribution is 2.14. The standard InChI is InChI=1S/C20H21N3O/c1-15-7-8-17(11-16(15)2)12-20(24)22-13-18-5-3-4-6-19(18)23-10-9-21-14-23/h3-11,14H,12-13H2,1-2H3,(H,22,24). The molecule has 0 aliphatic rings. The van der Waals surface area contributed by atoms with E-state index in [1.54, 1.807) is 12.5 Å². The monoisotopic (exact) mass is 319 g/mol. The molecule has 3 rings (SSSR count). The highest BCUT2D eigenvalue weighted by molar-refractivity contribution is 5.78. The molecular formula is C20H21N3O. The summed E-state index contributed by atoms with van der Waals surface area (Å²) in [6, 6.07) is 14.2. The lowest BCUT2D eigenvalue weighted by molar-refractivity contribution is -0.120. The van der Waals surface area contributed by atoms with Crippen molar-refractivity contribution in [3.8, 4) is 5.69 Å². The van der Waals surface area contributed by atoms with Gasteiger partial charge in [-0.25, -0.2) is 4.98 Å². The van der Waals surface area contributed by atoms with Crippen LogP contribution in [0.1, 0.15) is 22.3 Å². The Labute approximate surface area is 142 Å². The quantitative estimate of drug-likeness (QED) is 0.784. The summed E-state index contributed by atoms with van der Waals surface area (Å²) < 4.78 is 1.95. The number of rotatable bonds is 5. The van der Waals surface area contributed by atoms with Crippen molar-refractivity contribution in [2.75, 3.05) is 0 Å². The number of amides is 1. The van der Waals surface area contributed by atoms with Crippen LogP contribution >= 0.6 is 0 Å². The minimum Gasteiger partial charge on any atom is -0.352 e. The molecule has 0 aliphatic heterocycles. The molecule has 24 heavy (non-hydrogen) atoms. The van der Waals surface area contributed by atoms with E-state index in [1.165, 1.54) is 11.1 Å². The molecule has 2 aromatic carbocycles. The van der Waals surface area contributed by atoms with E-state index in [2.05, 4.69) is 36.3 Å².